The standard InChI is InChI=1S/C66H121N2O7P/c1-7-10-13-16-19-22-25-28-30-32-33-34-35-37-38-40-43-46-49-52-55-58-65(69)67-63(62-74-76(71,72)73-61-60-68(4,5)6)64(57-54-51-48-45-42-27-24-21-18-15-12-9-3)75-66(70)59-56-53-50-47-44-41-39-36-31-29-26-23-20-17-14-11-8-2/h19-20,22-23,28-31,33-34,54,57,63-64H,7-18,21,24-27,32,35-53,55-56,58-62H2,1-6H3,(H-,67,69,71,72)/b22-19-,23-20-,30-28-,31-29-,34-33-,57-54-. The number of esters is 1. The van der Waals surface area contributed by atoms with Crippen LogP contribution >= 0.6 is 7.82 Å². The number of quaternary nitrogens is 1. The number of unbranched alkanes of at least 4 members (excludes halogenated alkanes) is 31. The third kappa shape index (κ3) is 56.2. The molecule has 0 aromatic heterocycles. The van der Waals surface area contributed by atoms with Gasteiger partial charge in [-0.1, -0.05) is 242 Å². The van der Waals surface area contributed by atoms with Crippen molar-refractivity contribution in [3.8, 4) is 0 Å². The van der Waals surface area contributed by atoms with Gasteiger partial charge in [-0.15, -0.1) is 0 Å². The molecule has 0 spiro atoms. The van der Waals surface area contributed by atoms with Gasteiger partial charge in [-0.3, -0.25) is 14.2 Å². The molecule has 0 aromatic rings. The molecule has 0 saturated heterocycles. The lowest BCUT2D eigenvalue weighted by Gasteiger charge is -2.30. The minimum atomic E-state index is -4.70. The lowest BCUT2D eigenvalue weighted by Crippen LogP contribution is -2.47. The lowest BCUT2D eigenvalue weighted by atomic mass is 10.0. The number of phosphoric acid groups is 1. The summed E-state index contributed by atoms with van der Waals surface area (Å²) < 4.78 is 30.3. The van der Waals surface area contributed by atoms with Gasteiger partial charge in [-0.25, -0.2) is 0 Å². The van der Waals surface area contributed by atoms with E-state index in [9.17, 15) is 19.0 Å². The van der Waals surface area contributed by atoms with Gasteiger partial charge < -0.3 is 28.5 Å². The number of ether oxygens (including phenoxy) is 1. The number of allylic oxidation sites excluding steroid dienone is 11. The summed E-state index contributed by atoms with van der Waals surface area (Å²) in [7, 11) is 1.17. The Morgan fingerprint density at radius 3 is 1.22 bits per heavy atom. The molecule has 0 aromatic carbocycles. The van der Waals surface area contributed by atoms with Gasteiger partial charge in [-0.2, -0.15) is 0 Å². The zero-order valence-corrected chi connectivity index (χ0v) is 51.3. The molecule has 1 amide bonds. The third-order valence-electron chi connectivity index (χ3n) is 13.9. The first-order valence-corrected chi connectivity index (χ1v) is 33.2. The Morgan fingerprint density at radius 1 is 0.461 bits per heavy atom. The van der Waals surface area contributed by atoms with Crippen LogP contribution in [0.2, 0.25) is 0 Å². The van der Waals surface area contributed by atoms with Crippen LogP contribution in [0.15, 0.2) is 72.9 Å². The van der Waals surface area contributed by atoms with Gasteiger partial charge in [0.1, 0.15) is 19.3 Å². The molecule has 1 N–H and O–H groups in total. The summed E-state index contributed by atoms with van der Waals surface area (Å²) >= 11 is 0. The minimum absolute atomic E-state index is 0.0273. The van der Waals surface area contributed by atoms with Crippen LogP contribution in [0.3, 0.4) is 0 Å². The fourth-order valence-electron chi connectivity index (χ4n) is 8.91. The largest absolute Gasteiger partial charge is 0.756 e. The normalized spacial score (nSPS) is 14.1. The van der Waals surface area contributed by atoms with Crippen LogP contribution in [0.25, 0.3) is 0 Å². The monoisotopic (exact) mass is 1080 g/mol. The van der Waals surface area contributed by atoms with Crippen LogP contribution in [0, 0.1) is 0 Å². The molecule has 3 atom stereocenters. The maximum atomic E-state index is 13.5. The molecule has 0 bridgehead atoms. The SMILES string of the molecule is CCCCC/C=C\C/C=C\C/C=C\CCCCCCCCCCC(=O)NC(COP(=O)([O-])OCC[N+](C)(C)C)C(/C=C\CCCCCCCCCCCC)OC(=O)CCCCCCCCC/C=C\C/C=C\CCCCC. The predicted octanol–water partition coefficient (Wildman–Crippen LogP) is 19.0. The van der Waals surface area contributed by atoms with Crippen molar-refractivity contribution in [1.29, 1.82) is 0 Å². The van der Waals surface area contributed by atoms with Crippen molar-refractivity contribution in [3.05, 3.63) is 72.9 Å². The van der Waals surface area contributed by atoms with Crippen LogP contribution in [0.1, 0.15) is 284 Å². The molecule has 0 fully saturated rings. The highest BCUT2D eigenvalue weighted by Gasteiger charge is 2.27. The quantitative estimate of drug-likeness (QED) is 0.0212. The first-order chi connectivity index (χ1) is 36.9. The maximum Gasteiger partial charge on any atom is 0.306 e. The van der Waals surface area contributed by atoms with Crippen molar-refractivity contribution in [2.24, 2.45) is 0 Å². The molecule has 9 nitrogen and oxygen atoms in total. The van der Waals surface area contributed by atoms with Crippen LogP contribution < -0.4 is 10.2 Å². The summed E-state index contributed by atoms with van der Waals surface area (Å²) in [6, 6.07) is -0.898. The molecule has 0 aliphatic rings. The Labute approximate surface area is 470 Å². The second-order valence-corrected chi connectivity index (χ2v) is 24.0. The number of amides is 1. The van der Waals surface area contributed by atoms with E-state index in [2.05, 4.69) is 86.8 Å². The van der Waals surface area contributed by atoms with Crippen molar-refractivity contribution in [2.45, 2.75) is 296 Å². The van der Waals surface area contributed by atoms with Crippen LogP contribution in [-0.2, 0) is 27.9 Å². The summed E-state index contributed by atoms with van der Waals surface area (Å²) in [6.45, 7) is 6.79. The second kappa shape index (κ2) is 55.8. The molecule has 0 saturated carbocycles. The number of phosphoric ester groups is 1. The first kappa shape index (κ1) is 73.5. The molecular weight excluding hydrogens is 964 g/mol. The van der Waals surface area contributed by atoms with E-state index >= 15 is 0 Å². The van der Waals surface area contributed by atoms with Crippen molar-refractivity contribution in [2.75, 3.05) is 40.9 Å². The summed E-state index contributed by atoms with van der Waals surface area (Å²) in [5.41, 5.74) is 0. The fourth-order valence-corrected chi connectivity index (χ4v) is 9.63. The maximum absolute atomic E-state index is 13.5. The van der Waals surface area contributed by atoms with E-state index in [-0.39, 0.29) is 24.9 Å². The first-order valence-electron chi connectivity index (χ1n) is 31.7. The van der Waals surface area contributed by atoms with E-state index < -0.39 is 26.6 Å². The number of hydrogen-bond donors (Lipinski definition) is 1. The van der Waals surface area contributed by atoms with Crippen molar-refractivity contribution in [3.63, 3.8) is 0 Å². The Kier molecular flexibility index (Phi) is 53.9. The summed E-state index contributed by atoms with van der Waals surface area (Å²) in [6.07, 6.45) is 71.4. The van der Waals surface area contributed by atoms with E-state index in [1.807, 2.05) is 33.3 Å². The highest BCUT2D eigenvalue weighted by Crippen LogP contribution is 2.38. The van der Waals surface area contributed by atoms with E-state index in [0.717, 1.165) is 103 Å². The molecular formula is C66H121N2O7P. The van der Waals surface area contributed by atoms with Gasteiger partial charge >= 0.3 is 5.97 Å². The van der Waals surface area contributed by atoms with Gasteiger partial charge in [0.05, 0.1) is 33.8 Å². The molecule has 0 aliphatic heterocycles. The van der Waals surface area contributed by atoms with Crippen LogP contribution in [0.5, 0.6) is 0 Å². The molecule has 442 valence electrons. The van der Waals surface area contributed by atoms with Gasteiger partial charge in [-0.05, 0) is 102 Å². The van der Waals surface area contributed by atoms with Crippen LogP contribution in [0.4, 0.5) is 0 Å². The molecule has 0 rings (SSSR count). The van der Waals surface area contributed by atoms with Crippen molar-refractivity contribution < 1.29 is 37.3 Å². The summed E-state index contributed by atoms with van der Waals surface area (Å²) in [4.78, 5) is 40.0. The lowest BCUT2D eigenvalue weighted by molar-refractivity contribution is -0.870. The van der Waals surface area contributed by atoms with E-state index in [0.29, 0.717) is 17.4 Å². The average molecular weight is 1090 g/mol. The number of rotatable bonds is 57. The average Bonchev–Trinajstić information content (AvgIpc) is 3.38. The molecule has 3 unspecified atom stereocenters. The molecule has 0 radical (unpaired) electrons. The number of nitrogens with zero attached hydrogens (tertiary/aromatic N) is 1. The Bertz CT molecular complexity index is 1530. The molecule has 76 heavy (non-hydrogen) atoms. The van der Waals surface area contributed by atoms with E-state index in [4.69, 9.17) is 13.8 Å². The minimum Gasteiger partial charge on any atom is -0.756 e. The van der Waals surface area contributed by atoms with Gasteiger partial charge in [0.2, 0.25) is 5.91 Å². The number of nitrogens with one attached hydrogen (secondary N) is 1. The van der Waals surface area contributed by atoms with Crippen LogP contribution in [-0.4, -0.2) is 69.4 Å². The molecule has 0 heterocycles. The number of likely N-dealkylation sites (N-methyl/N-ethyl adjacent to an activating group) is 1. The van der Waals surface area contributed by atoms with Crippen molar-refractivity contribution in [1.82, 2.24) is 5.32 Å². The smallest absolute Gasteiger partial charge is 0.306 e. The predicted molar refractivity (Wildman–Crippen MR) is 325 cm³/mol. The topological polar surface area (TPSA) is 114 Å². The fraction of sp³-hybridized carbons (Fsp3) is 0.788. The van der Waals surface area contributed by atoms with E-state index in [1.165, 1.54) is 148 Å². The highest BCUT2D eigenvalue weighted by atomic mass is 31.2. The van der Waals surface area contributed by atoms with Gasteiger partial charge in [0.25, 0.3) is 7.82 Å². The molecule has 0 aliphatic carbocycles. The Morgan fingerprint density at radius 2 is 0.803 bits per heavy atom. The number of carbonyl (C=O) groups excluding carboxylic acids is 2. The molecule has 10 heteroatoms. The van der Waals surface area contributed by atoms with E-state index in [1.54, 1.807) is 0 Å². The Balaban J connectivity index is 5.25. The van der Waals surface area contributed by atoms with Gasteiger partial charge in [0, 0.05) is 12.8 Å². The second-order valence-electron chi connectivity index (χ2n) is 22.6. The number of hydrogen-bond acceptors (Lipinski definition) is 7. The Hall–Kier alpha value is -2.55. The summed E-state index contributed by atoms with van der Waals surface area (Å²) in [5, 5.41) is 3.03. The van der Waals surface area contributed by atoms with Crippen molar-refractivity contribution >= 4 is 19.7 Å². The number of carbonyl (C=O) groups is 2. The highest BCUT2D eigenvalue weighted by molar-refractivity contribution is 7.45. The zero-order chi connectivity index (χ0) is 55.7. The zero-order valence-electron chi connectivity index (χ0n) is 50.4. The third-order valence-corrected chi connectivity index (χ3v) is 14.8. The summed E-state index contributed by atoms with van der Waals surface area (Å²) in [5.74, 6) is -0.555. The van der Waals surface area contributed by atoms with Gasteiger partial charge in [0.15, 0.2) is 0 Å².